The van der Waals surface area contributed by atoms with Crippen LogP contribution in [0.15, 0.2) is 42.5 Å². The van der Waals surface area contributed by atoms with Crippen molar-refractivity contribution in [3.05, 3.63) is 58.1 Å². The number of rotatable bonds is 4. The summed E-state index contributed by atoms with van der Waals surface area (Å²) in [5, 5.41) is 19.0. The van der Waals surface area contributed by atoms with E-state index in [1.54, 1.807) is 24.3 Å². The molecule has 0 aliphatic rings. The number of benzene rings is 2. The Morgan fingerprint density at radius 2 is 1.68 bits per heavy atom. The summed E-state index contributed by atoms with van der Waals surface area (Å²) in [5.74, 6) is 0.487. The highest BCUT2D eigenvalue weighted by Crippen LogP contribution is 2.23. The second-order valence-corrected chi connectivity index (χ2v) is 4.82. The molecule has 19 heavy (non-hydrogen) atoms. The molecule has 0 radical (unpaired) electrons. The first-order valence-electron chi connectivity index (χ1n) is 5.59. The van der Waals surface area contributed by atoms with Crippen molar-refractivity contribution in [2.75, 3.05) is 0 Å². The molecule has 0 atom stereocenters. The lowest BCUT2D eigenvalue weighted by Crippen LogP contribution is -2.29. The molecule has 0 aliphatic carbocycles. The Hall–Kier alpha value is -1.20. The molecule has 0 amide bonds. The van der Waals surface area contributed by atoms with Crippen LogP contribution in [0.3, 0.4) is 0 Å². The van der Waals surface area contributed by atoms with Gasteiger partial charge in [-0.3, -0.25) is 0 Å². The van der Waals surface area contributed by atoms with E-state index >= 15 is 0 Å². The summed E-state index contributed by atoms with van der Waals surface area (Å²) < 4.78 is 5.56. The average molecular weight is 297 g/mol. The van der Waals surface area contributed by atoms with Crippen LogP contribution in [-0.2, 0) is 6.61 Å². The Morgan fingerprint density at radius 3 is 2.26 bits per heavy atom. The lowest BCUT2D eigenvalue weighted by molar-refractivity contribution is 0.306. The maximum Gasteiger partial charge on any atom is 0.488 e. The smallest absolute Gasteiger partial charge is 0.487 e. The summed E-state index contributed by atoms with van der Waals surface area (Å²) >= 11 is 11.8. The summed E-state index contributed by atoms with van der Waals surface area (Å²) in [6.07, 6.45) is 0. The highest BCUT2D eigenvalue weighted by molar-refractivity contribution is 6.59. The maximum absolute atomic E-state index is 9.02. The van der Waals surface area contributed by atoms with Crippen molar-refractivity contribution in [2.45, 2.75) is 6.61 Å². The normalized spacial score (nSPS) is 10.3. The summed E-state index contributed by atoms with van der Waals surface area (Å²) in [5.41, 5.74) is 1.29. The molecule has 2 aromatic rings. The van der Waals surface area contributed by atoms with Crippen molar-refractivity contribution in [3.8, 4) is 5.75 Å². The number of halogens is 2. The van der Waals surface area contributed by atoms with E-state index in [0.717, 1.165) is 5.56 Å². The predicted octanol–water partition coefficient (Wildman–Crippen LogP) is 2.25. The highest BCUT2D eigenvalue weighted by atomic mass is 35.5. The van der Waals surface area contributed by atoms with E-state index in [1.807, 2.05) is 12.1 Å². The standard InChI is InChI=1S/C13H11BCl2O3/c15-11-4-1-9(2-5-11)8-19-13-6-3-10(14(17)18)7-12(13)16/h1-7,17-18H,8H2. The molecule has 2 rings (SSSR count). The van der Waals surface area contributed by atoms with Crippen LogP contribution in [0.25, 0.3) is 0 Å². The highest BCUT2D eigenvalue weighted by Gasteiger charge is 2.13. The Bertz CT molecular complexity index is 558. The van der Waals surface area contributed by atoms with Crippen LogP contribution in [0.1, 0.15) is 5.56 Å². The third-order valence-corrected chi connectivity index (χ3v) is 3.11. The summed E-state index contributed by atoms with van der Waals surface area (Å²) in [7, 11) is -1.54. The molecule has 6 heteroatoms. The van der Waals surface area contributed by atoms with Crippen molar-refractivity contribution in [1.29, 1.82) is 0 Å². The predicted molar refractivity (Wildman–Crippen MR) is 77.1 cm³/mol. The van der Waals surface area contributed by atoms with Gasteiger partial charge in [0.05, 0.1) is 5.02 Å². The molecule has 0 heterocycles. The molecule has 0 saturated carbocycles. The Kier molecular flexibility index (Phi) is 4.72. The topological polar surface area (TPSA) is 49.7 Å². The molecule has 0 unspecified atom stereocenters. The quantitative estimate of drug-likeness (QED) is 0.851. The molecule has 0 bridgehead atoms. The Labute approximate surface area is 121 Å². The molecule has 3 nitrogen and oxygen atoms in total. The molecule has 0 aliphatic heterocycles. The van der Waals surface area contributed by atoms with E-state index in [9.17, 15) is 0 Å². The number of hydrogen-bond acceptors (Lipinski definition) is 3. The summed E-state index contributed by atoms with van der Waals surface area (Å²) in [6.45, 7) is 0.359. The van der Waals surface area contributed by atoms with Gasteiger partial charge in [-0.1, -0.05) is 41.4 Å². The van der Waals surface area contributed by atoms with Gasteiger partial charge in [0.2, 0.25) is 0 Å². The molecule has 2 aromatic carbocycles. The van der Waals surface area contributed by atoms with Crippen LogP contribution in [0, 0.1) is 0 Å². The van der Waals surface area contributed by atoms with Crippen molar-refractivity contribution in [2.24, 2.45) is 0 Å². The molecule has 0 aromatic heterocycles. The monoisotopic (exact) mass is 296 g/mol. The van der Waals surface area contributed by atoms with Crippen LogP contribution in [0.5, 0.6) is 5.75 Å². The average Bonchev–Trinajstić information content (AvgIpc) is 2.39. The van der Waals surface area contributed by atoms with Crippen LogP contribution < -0.4 is 10.2 Å². The van der Waals surface area contributed by atoms with Gasteiger partial charge in [0.1, 0.15) is 12.4 Å². The Balaban J connectivity index is 2.05. The van der Waals surface area contributed by atoms with E-state index in [4.69, 9.17) is 38.0 Å². The molecular weight excluding hydrogens is 286 g/mol. The van der Waals surface area contributed by atoms with Gasteiger partial charge in [0.25, 0.3) is 0 Å². The van der Waals surface area contributed by atoms with Crippen molar-refractivity contribution in [3.63, 3.8) is 0 Å². The largest absolute Gasteiger partial charge is 0.488 e. The van der Waals surface area contributed by atoms with E-state index in [0.29, 0.717) is 27.9 Å². The van der Waals surface area contributed by atoms with Crippen molar-refractivity contribution < 1.29 is 14.8 Å². The minimum atomic E-state index is -1.54. The number of ether oxygens (including phenoxy) is 1. The first-order valence-corrected chi connectivity index (χ1v) is 6.34. The Morgan fingerprint density at radius 1 is 1.00 bits per heavy atom. The van der Waals surface area contributed by atoms with Gasteiger partial charge in [0.15, 0.2) is 0 Å². The fraction of sp³-hybridized carbons (Fsp3) is 0.0769. The molecule has 98 valence electrons. The molecular formula is C13H11BCl2O3. The van der Waals surface area contributed by atoms with Gasteiger partial charge in [-0.05, 0) is 35.3 Å². The van der Waals surface area contributed by atoms with E-state index in [2.05, 4.69) is 0 Å². The van der Waals surface area contributed by atoms with Crippen LogP contribution in [0.4, 0.5) is 0 Å². The summed E-state index contributed by atoms with van der Waals surface area (Å²) in [6, 6.07) is 11.9. The van der Waals surface area contributed by atoms with Gasteiger partial charge < -0.3 is 14.8 Å². The second kappa shape index (κ2) is 6.30. The van der Waals surface area contributed by atoms with Gasteiger partial charge in [-0.15, -0.1) is 0 Å². The minimum absolute atomic E-state index is 0.323. The fourth-order valence-corrected chi connectivity index (χ4v) is 1.91. The van der Waals surface area contributed by atoms with E-state index in [-0.39, 0.29) is 0 Å². The van der Waals surface area contributed by atoms with Crippen LogP contribution in [-0.4, -0.2) is 17.2 Å². The fourth-order valence-electron chi connectivity index (χ4n) is 1.54. The maximum atomic E-state index is 9.02. The third-order valence-electron chi connectivity index (χ3n) is 2.56. The minimum Gasteiger partial charge on any atom is -0.487 e. The molecule has 2 N–H and O–H groups in total. The molecule has 0 spiro atoms. The zero-order chi connectivity index (χ0) is 13.8. The van der Waals surface area contributed by atoms with Gasteiger partial charge in [0, 0.05) is 5.02 Å². The zero-order valence-corrected chi connectivity index (χ0v) is 11.4. The van der Waals surface area contributed by atoms with Crippen molar-refractivity contribution in [1.82, 2.24) is 0 Å². The lowest BCUT2D eigenvalue weighted by Gasteiger charge is -2.09. The van der Waals surface area contributed by atoms with Crippen LogP contribution in [0.2, 0.25) is 10.0 Å². The third kappa shape index (κ3) is 3.88. The second-order valence-electron chi connectivity index (χ2n) is 3.98. The van der Waals surface area contributed by atoms with Crippen molar-refractivity contribution >= 4 is 35.8 Å². The zero-order valence-electron chi connectivity index (χ0n) is 9.88. The SMILES string of the molecule is OB(O)c1ccc(OCc2ccc(Cl)cc2)c(Cl)c1. The van der Waals surface area contributed by atoms with Gasteiger partial charge >= 0.3 is 7.12 Å². The van der Waals surface area contributed by atoms with Gasteiger partial charge in [-0.2, -0.15) is 0 Å². The van der Waals surface area contributed by atoms with Gasteiger partial charge in [-0.25, -0.2) is 0 Å². The first kappa shape index (κ1) is 14.2. The number of hydrogen-bond donors (Lipinski definition) is 2. The van der Waals surface area contributed by atoms with E-state index < -0.39 is 7.12 Å². The summed E-state index contributed by atoms with van der Waals surface area (Å²) in [4.78, 5) is 0. The molecule has 0 saturated heterocycles. The van der Waals surface area contributed by atoms with E-state index in [1.165, 1.54) is 6.07 Å². The lowest BCUT2D eigenvalue weighted by atomic mass is 9.80. The molecule has 0 fully saturated rings. The first-order chi connectivity index (χ1) is 9.06. The van der Waals surface area contributed by atoms with Crippen LogP contribution >= 0.6 is 23.2 Å².